The number of H-pyrrole nitrogens is 1. The highest BCUT2D eigenvalue weighted by Gasteiger charge is 2.13. The van der Waals surface area contributed by atoms with Crippen LogP contribution in [0.5, 0.6) is 0 Å². The van der Waals surface area contributed by atoms with E-state index in [1.807, 2.05) is 73.3 Å². The third kappa shape index (κ3) is 4.47. The van der Waals surface area contributed by atoms with Crippen LogP contribution in [0.25, 0.3) is 39.4 Å². The molecule has 10 nitrogen and oxygen atoms in total. The average Bonchev–Trinajstić information content (AvgIpc) is 3.63. The highest BCUT2D eigenvalue weighted by molar-refractivity contribution is 5.93. The summed E-state index contributed by atoms with van der Waals surface area (Å²) in [6.07, 6.45) is 8.87. The van der Waals surface area contributed by atoms with E-state index in [0.29, 0.717) is 0 Å². The lowest BCUT2D eigenvalue weighted by atomic mass is 10.1. The summed E-state index contributed by atoms with van der Waals surface area (Å²) in [6, 6.07) is 15.4. The fourth-order valence-electron chi connectivity index (χ4n) is 4.26. The van der Waals surface area contributed by atoms with Crippen molar-refractivity contribution >= 4 is 22.6 Å². The smallest absolute Gasteiger partial charge is 0.230 e. The SMILES string of the molecule is Cc1cn(-c2ncnc3[nH]c(-c4ccc(NC(=O)Cc5cc(-c6ccncc6)nn5C)cc4)cc23)cn1. The first-order valence-corrected chi connectivity index (χ1v) is 11.7. The summed E-state index contributed by atoms with van der Waals surface area (Å²) in [5, 5.41) is 8.39. The van der Waals surface area contributed by atoms with Gasteiger partial charge >= 0.3 is 0 Å². The first-order valence-electron chi connectivity index (χ1n) is 11.7. The minimum absolute atomic E-state index is 0.113. The van der Waals surface area contributed by atoms with E-state index in [4.69, 9.17) is 0 Å². The molecule has 37 heavy (non-hydrogen) atoms. The van der Waals surface area contributed by atoms with Gasteiger partial charge in [-0.25, -0.2) is 15.0 Å². The third-order valence-corrected chi connectivity index (χ3v) is 6.14. The lowest BCUT2D eigenvalue weighted by Gasteiger charge is -2.06. The van der Waals surface area contributed by atoms with Crippen LogP contribution in [0.1, 0.15) is 11.4 Å². The first-order chi connectivity index (χ1) is 18.0. The van der Waals surface area contributed by atoms with Crippen LogP contribution in [0.4, 0.5) is 5.69 Å². The molecule has 182 valence electrons. The molecule has 1 aromatic carbocycles. The van der Waals surface area contributed by atoms with Gasteiger partial charge in [-0.1, -0.05) is 12.1 Å². The third-order valence-electron chi connectivity index (χ3n) is 6.14. The van der Waals surface area contributed by atoms with E-state index in [2.05, 4.69) is 35.3 Å². The van der Waals surface area contributed by atoms with Gasteiger partial charge in [0.25, 0.3) is 0 Å². The number of hydrogen-bond acceptors (Lipinski definition) is 6. The molecule has 1 amide bonds. The molecule has 2 N–H and O–H groups in total. The monoisotopic (exact) mass is 489 g/mol. The van der Waals surface area contributed by atoms with Crippen molar-refractivity contribution in [1.82, 2.24) is 39.3 Å². The fraction of sp³-hybridized carbons (Fsp3) is 0.111. The number of fused-ring (bicyclic) bond motifs is 1. The normalized spacial score (nSPS) is 11.2. The number of carbonyl (C=O) groups excluding carboxylic acids is 1. The number of nitrogens with one attached hydrogen (secondary N) is 2. The molecule has 0 aliphatic heterocycles. The number of nitrogens with zero attached hydrogens (tertiary/aromatic N) is 7. The van der Waals surface area contributed by atoms with Crippen LogP contribution in [-0.2, 0) is 18.3 Å². The number of anilines is 1. The van der Waals surface area contributed by atoms with Crippen LogP contribution in [-0.4, -0.2) is 45.2 Å². The number of hydrogen-bond donors (Lipinski definition) is 2. The van der Waals surface area contributed by atoms with E-state index in [9.17, 15) is 4.79 Å². The highest BCUT2D eigenvalue weighted by atomic mass is 16.1. The van der Waals surface area contributed by atoms with Crippen LogP contribution < -0.4 is 5.32 Å². The molecule has 0 radical (unpaired) electrons. The van der Waals surface area contributed by atoms with Gasteiger partial charge in [0, 0.05) is 48.3 Å². The number of aryl methyl sites for hydroxylation is 2. The van der Waals surface area contributed by atoms with Gasteiger partial charge in [0.05, 0.1) is 23.2 Å². The van der Waals surface area contributed by atoms with Crippen molar-refractivity contribution in [2.24, 2.45) is 7.05 Å². The molecule has 0 unspecified atom stereocenters. The van der Waals surface area contributed by atoms with Crippen molar-refractivity contribution < 1.29 is 4.79 Å². The molecule has 0 saturated heterocycles. The maximum atomic E-state index is 12.7. The predicted molar refractivity (Wildman–Crippen MR) is 140 cm³/mol. The van der Waals surface area contributed by atoms with Crippen LogP contribution in [0.15, 0.2) is 79.8 Å². The summed E-state index contributed by atoms with van der Waals surface area (Å²) in [5.74, 6) is 0.650. The zero-order valence-corrected chi connectivity index (χ0v) is 20.3. The summed E-state index contributed by atoms with van der Waals surface area (Å²) in [7, 11) is 1.84. The Balaban J connectivity index is 1.17. The van der Waals surface area contributed by atoms with Crippen LogP contribution in [0.2, 0.25) is 0 Å². The molecular formula is C27H23N9O. The van der Waals surface area contributed by atoms with E-state index in [0.717, 1.165) is 56.4 Å². The minimum atomic E-state index is -0.113. The lowest BCUT2D eigenvalue weighted by molar-refractivity contribution is -0.115. The maximum absolute atomic E-state index is 12.7. The Bertz CT molecular complexity index is 1710. The second kappa shape index (κ2) is 9.15. The molecule has 5 aromatic heterocycles. The molecule has 0 atom stereocenters. The number of carbonyl (C=O) groups is 1. The summed E-state index contributed by atoms with van der Waals surface area (Å²) in [5.41, 5.74) is 6.85. The van der Waals surface area contributed by atoms with Gasteiger partial charge in [0.15, 0.2) is 5.82 Å². The summed E-state index contributed by atoms with van der Waals surface area (Å²) in [6.45, 7) is 1.94. The average molecular weight is 490 g/mol. The Hall–Kier alpha value is -5.12. The molecule has 0 fully saturated rings. The summed E-state index contributed by atoms with van der Waals surface area (Å²) < 4.78 is 3.62. The van der Waals surface area contributed by atoms with Gasteiger partial charge in [-0.2, -0.15) is 5.10 Å². The quantitative estimate of drug-likeness (QED) is 0.364. The summed E-state index contributed by atoms with van der Waals surface area (Å²) >= 11 is 0. The molecular weight excluding hydrogens is 466 g/mol. The Morgan fingerprint density at radius 2 is 1.81 bits per heavy atom. The van der Waals surface area contributed by atoms with E-state index in [1.54, 1.807) is 23.4 Å². The standard InChI is InChI=1S/C27H23N9O/c1-17-14-36(16-31-17)27-22-13-23(33-26(22)29-15-30-27)18-3-5-20(6-4-18)32-25(37)12-21-11-24(34-35(21)2)19-7-9-28-10-8-19/h3-11,13-16H,12H2,1-2H3,(H,32,37)(H,29,30,33). The molecule has 0 spiro atoms. The molecule has 6 aromatic rings. The zero-order chi connectivity index (χ0) is 25.4. The van der Waals surface area contributed by atoms with Crippen molar-refractivity contribution in [3.8, 4) is 28.3 Å². The van der Waals surface area contributed by atoms with Crippen molar-refractivity contribution in [1.29, 1.82) is 0 Å². The van der Waals surface area contributed by atoms with E-state index in [1.165, 1.54) is 6.33 Å². The Morgan fingerprint density at radius 1 is 1.00 bits per heavy atom. The minimum Gasteiger partial charge on any atom is -0.339 e. The second-order valence-electron chi connectivity index (χ2n) is 8.75. The topological polar surface area (TPSA) is 119 Å². The molecule has 6 rings (SSSR count). The lowest BCUT2D eigenvalue weighted by Crippen LogP contribution is -2.16. The predicted octanol–water partition coefficient (Wildman–Crippen LogP) is 4.10. The molecule has 0 saturated carbocycles. The van der Waals surface area contributed by atoms with E-state index >= 15 is 0 Å². The van der Waals surface area contributed by atoms with Crippen molar-refractivity contribution in [3.05, 3.63) is 91.2 Å². The number of amides is 1. The Kier molecular flexibility index (Phi) is 5.53. The molecule has 0 aliphatic rings. The van der Waals surface area contributed by atoms with Crippen LogP contribution in [0, 0.1) is 6.92 Å². The van der Waals surface area contributed by atoms with Gasteiger partial charge < -0.3 is 10.3 Å². The van der Waals surface area contributed by atoms with Crippen molar-refractivity contribution in [2.45, 2.75) is 13.3 Å². The Morgan fingerprint density at radius 3 is 2.57 bits per heavy atom. The number of benzene rings is 1. The molecule has 10 heteroatoms. The Labute approximate surface area is 212 Å². The number of pyridine rings is 1. The second-order valence-corrected chi connectivity index (χ2v) is 8.75. The number of aromatic amines is 1. The first kappa shape index (κ1) is 22.4. The maximum Gasteiger partial charge on any atom is 0.230 e. The van der Waals surface area contributed by atoms with Gasteiger partial charge in [-0.15, -0.1) is 0 Å². The highest BCUT2D eigenvalue weighted by Crippen LogP contribution is 2.27. The van der Waals surface area contributed by atoms with Gasteiger partial charge in [-0.05, 0) is 48.9 Å². The number of aromatic nitrogens is 8. The van der Waals surface area contributed by atoms with Crippen molar-refractivity contribution in [3.63, 3.8) is 0 Å². The van der Waals surface area contributed by atoms with Crippen LogP contribution >= 0.6 is 0 Å². The summed E-state index contributed by atoms with van der Waals surface area (Å²) in [4.78, 5) is 33.2. The van der Waals surface area contributed by atoms with E-state index in [-0.39, 0.29) is 12.3 Å². The van der Waals surface area contributed by atoms with Gasteiger partial charge in [-0.3, -0.25) is 19.0 Å². The number of rotatable bonds is 6. The van der Waals surface area contributed by atoms with E-state index < -0.39 is 0 Å². The molecule has 5 heterocycles. The fourth-order valence-corrected chi connectivity index (χ4v) is 4.26. The molecule has 0 aliphatic carbocycles. The zero-order valence-electron chi connectivity index (χ0n) is 20.3. The number of imidazole rings is 1. The van der Waals surface area contributed by atoms with Gasteiger partial charge in [0.1, 0.15) is 18.3 Å². The van der Waals surface area contributed by atoms with Gasteiger partial charge in [0.2, 0.25) is 5.91 Å². The molecule has 0 bridgehead atoms. The van der Waals surface area contributed by atoms with Crippen molar-refractivity contribution in [2.75, 3.05) is 5.32 Å². The van der Waals surface area contributed by atoms with Crippen LogP contribution in [0.3, 0.4) is 0 Å². The largest absolute Gasteiger partial charge is 0.339 e.